The molecule has 1 amide bonds. The molecule has 1 fully saturated rings. The number of carboxylic acids is 2. The Morgan fingerprint density at radius 2 is 1.44 bits per heavy atom. The Hall–Kier alpha value is -3.19. The van der Waals surface area contributed by atoms with Crippen molar-refractivity contribution in [1.82, 2.24) is 4.90 Å². The lowest BCUT2D eigenvalue weighted by Gasteiger charge is -2.37. The summed E-state index contributed by atoms with van der Waals surface area (Å²) in [6.45, 7) is 7.25. The fourth-order valence-electron chi connectivity index (χ4n) is 4.03. The molecule has 1 unspecified atom stereocenters. The Labute approximate surface area is 189 Å². The van der Waals surface area contributed by atoms with E-state index in [0.29, 0.717) is 12.3 Å². The van der Waals surface area contributed by atoms with Crippen molar-refractivity contribution in [2.45, 2.75) is 45.1 Å². The average Bonchev–Trinajstić information content (AvgIpc) is 2.81. The highest BCUT2D eigenvalue weighted by Gasteiger charge is 2.26. The van der Waals surface area contributed by atoms with Crippen molar-refractivity contribution in [3.8, 4) is 0 Å². The molecule has 2 N–H and O–H groups in total. The van der Waals surface area contributed by atoms with Gasteiger partial charge in [0.1, 0.15) is 0 Å². The summed E-state index contributed by atoms with van der Waals surface area (Å²) >= 11 is 0. The fourth-order valence-corrected chi connectivity index (χ4v) is 4.03. The molecule has 0 saturated carbocycles. The molecule has 1 aliphatic heterocycles. The standard InChI is InChI=1S/C23H30N2O.C2H2O4/c1-3-23(26)25(22-12-8-5-9-13-22)19(2)18-24-16-14-21(15-17-24)20-10-6-4-7-11-20;3-1(4)2(5)6/h4-13,19,21H,3,14-18H2,1-2H3;(H,3,4)(H,5,6). The minimum absolute atomic E-state index is 0.179. The number of piperidine rings is 1. The molecular formula is C25H32N2O5. The zero-order chi connectivity index (χ0) is 23.5. The first-order chi connectivity index (χ1) is 15.3. The molecular weight excluding hydrogens is 408 g/mol. The van der Waals surface area contributed by atoms with Crippen molar-refractivity contribution in [1.29, 1.82) is 0 Å². The van der Waals surface area contributed by atoms with Crippen molar-refractivity contribution < 1.29 is 24.6 Å². The summed E-state index contributed by atoms with van der Waals surface area (Å²) in [5, 5.41) is 14.8. The van der Waals surface area contributed by atoms with E-state index < -0.39 is 11.9 Å². The molecule has 1 heterocycles. The van der Waals surface area contributed by atoms with Gasteiger partial charge < -0.3 is 20.0 Å². The maximum Gasteiger partial charge on any atom is 0.414 e. The molecule has 2 aromatic rings. The molecule has 1 atom stereocenters. The summed E-state index contributed by atoms with van der Waals surface area (Å²) < 4.78 is 0. The normalized spacial score (nSPS) is 15.2. The van der Waals surface area contributed by atoms with Gasteiger partial charge in [0, 0.05) is 24.7 Å². The molecule has 7 heteroatoms. The number of rotatable bonds is 6. The second-order valence-corrected chi connectivity index (χ2v) is 7.90. The number of hydrogen-bond donors (Lipinski definition) is 2. The largest absolute Gasteiger partial charge is 0.473 e. The Bertz CT molecular complexity index is 852. The van der Waals surface area contributed by atoms with Crippen molar-refractivity contribution >= 4 is 23.5 Å². The van der Waals surface area contributed by atoms with E-state index in [2.05, 4.69) is 42.2 Å². The van der Waals surface area contributed by atoms with Crippen LogP contribution in [0.4, 0.5) is 5.69 Å². The van der Waals surface area contributed by atoms with E-state index >= 15 is 0 Å². The number of para-hydroxylation sites is 1. The van der Waals surface area contributed by atoms with Gasteiger partial charge in [-0.2, -0.15) is 0 Å². The van der Waals surface area contributed by atoms with Crippen LogP contribution in [0.25, 0.3) is 0 Å². The van der Waals surface area contributed by atoms with Gasteiger partial charge in [-0.05, 0) is 56.5 Å². The van der Waals surface area contributed by atoms with Crippen LogP contribution >= 0.6 is 0 Å². The average molecular weight is 441 g/mol. The number of hydrogen-bond acceptors (Lipinski definition) is 4. The van der Waals surface area contributed by atoms with Gasteiger partial charge in [-0.25, -0.2) is 9.59 Å². The topological polar surface area (TPSA) is 98.2 Å². The van der Waals surface area contributed by atoms with Gasteiger partial charge in [0.15, 0.2) is 0 Å². The third kappa shape index (κ3) is 7.50. The van der Waals surface area contributed by atoms with Crippen molar-refractivity contribution in [2.24, 2.45) is 0 Å². The third-order valence-electron chi connectivity index (χ3n) is 5.61. The minimum atomic E-state index is -1.82. The maximum atomic E-state index is 12.5. The molecule has 32 heavy (non-hydrogen) atoms. The highest BCUT2D eigenvalue weighted by molar-refractivity contribution is 6.27. The van der Waals surface area contributed by atoms with Gasteiger partial charge in [-0.3, -0.25) is 4.79 Å². The van der Waals surface area contributed by atoms with E-state index in [1.807, 2.05) is 42.2 Å². The van der Waals surface area contributed by atoms with Crippen LogP contribution in [-0.4, -0.2) is 58.6 Å². The van der Waals surface area contributed by atoms with Gasteiger partial charge >= 0.3 is 11.9 Å². The quantitative estimate of drug-likeness (QED) is 0.662. The number of amides is 1. The molecule has 0 aliphatic carbocycles. The Balaban J connectivity index is 0.000000534. The molecule has 1 aliphatic rings. The molecule has 2 aromatic carbocycles. The SMILES string of the molecule is CCC(=O)N(c1ccccc1)C(C)CN1CCC(c2ccccc2)CC1.O=C(O)C(=O)O. The van der Waals surface area contributed by atoms with E-state index in [0.717, 1.165) is 25.3 Å². The van der Waals surface area contributed by atoms with Crippen LogP contribution in [0.15, 0.2) is 60.7 Å². The molecule has 0 aromatic heterocycles. The van der Waals surface area contributed by atoms with Gasteiger partial charge in [-0.15, -0.1) is 0 Å². The first-order valence-corrected chi connectivity index (χ1v) is 10.9. The maximum absolute atomic E-state index is 12.5. The zero-order valence-electron chi connectivity index (χ0n) is 18.7. The Morgan fingerprint density at radius 3 is 1.91 bits per heavy atom. The highest BCUT2D eigenvalue weighted by atomic mass is 16.4. The number of benzene rings is 2. The molecule has 0 bridgehead atoms. The molecule has 7 nitrogen and oxygen atoms in total. The minimum Gasteiger partial charge on any atom is -0.473 e. The van der Waals surface area contributed by atoms with Gasteiger partial charge in [0.2, 0.25) is 5.91 Å². The lowest BCUT2D eigenvalue weighted by molar-refractivity contribution is -0.159. The first-order valence-electron chi connectivity index (χ1n) is 10.9. The van der Waals surface area contributed by atoms with Gasteiger partial charge in [0.05, 0.1) is 0 Å². The van der Waals surface area contributed by atoms with E-state index in [1.54, 1.807) is 0 Å². The lowest BCUT2D eigenvalue weighted by Crippen LogP contribution is -2.47. The summed E-state index contributed by atoms with van der Waals surface area (Å²) in [6, 6.07) is 21.1. The fraction of sp³-hybridized carbons (Fsp3) is 0.400. The number of carbonyl (C=O) groups is 3. The summed E-state index contributed by atoms with van der Waals surface area (Å²) in [6.07, 6.45) is 2.93. The van der Waals surface area contributed by atoms with E-state index in [4.69, 9.17) is 19.8 Å². The van der Waals surface area contributed by atoms with Crippen molar-refractivity contribution in [2.75, 3.05) is 24.5 Å². The number of carboxylic acid groups (broad SMARTS) is 2. The van der Waals surface area contributed by atoms with Crippen LogP contribution < -0.4 is 4.90 Å². The molecule has 1 saturated heterocycles. The van der Waals surface area contributed by atoms with Crippen LogP contribution in [0.1, 0.15) is 44.6 Å². The van der Waals surface area contributed by atoms with Crippen LogP contribution in [0.5, 0.6) is 0 Å². The van der Waals surface area contributed by atoms with Crippen LogP contribution in [0.2, 0.25) is 0 Å². The molecule has 0 radical (unpaired) electrons. The van der Waals surface area contributed by atoms with Crippen LogP contribution in [0, 0.1) is 0 Å². The van der Waals surface area contributed by atoms with Gasteiger partial charge in [0.25, 0.3) is 0 Å². The summed E-state index contributed by atoms with van der Waals surface area (Å²) in [7, 11) is 0. The second-order valence-electron chi connectivity index (χ2n) is 7.90. The Kier molecular flexibility index (Phi) is 9.88. The number of carbonyl (C=O) groups excluding carboxylic acids is 1. The number of likely N-dealkylation sites (tertiary alicyclic amines) is 1. The summed E-state index contributed by atoms with van der Waals surface area (Å²) in [5.41, 5.74) is 2.47. The molecule has 172 valence electrons. The third-order valence-corrected chi connectivity index (χ3v) is 5.61. The van der Waals surface area contributed by atoms with E-state index in [9.17, 15) is 4.79 Å². The van der Waals surface area contributed by atoms with Crippen molar-refractivity contribution in [3.63, 3.8) is 0 Å². The van der Waals surface area contributed by atoms with E-state index in [-0.39, 0.29) is 11.9 Å². The molecule has 0 spiro atoms. The highest BCUT2D eigenvalue weighted by Crippen LogP contribution is 2.28. The number of aliphatic carboxylic acids is 2. The number of nitrogens with zero attached hydrogens (tertiary/aromatic N) is 2. The molecule has 3 rings (SSSR count). The second kappa shape index (κ2) is 12.6. The van der Waals surface area contributed by atoms with E-state index in [1.165, 1.54) is 18.4 Å². The zero-order valence-corrected chi connectivity index (χ0v) is 18.7. The van der Waals surface area contributed by atoms with Gasteiger partial charge in [-0.1, -0.05) is 55.5 Å². The predicted molar refractivity (Wildman–Crippen MR) is 124 cm³/mol. The monoisotopic (exact) mass is 440 g/mol. The van der Waals surface area contributed by atoms with Crippen molar-refractivity contribution in [3.05, 3.63) is 66.2 Å². The first kappa shape index (κ1) is 25.1. The Morgan fingerprint density at radius 1 is 0.938 bits per heavy atom. The lowest BCUT2D eigenvalue weighted by atomic mass is 9.89. The van der Waals surface area contributed by atoms with Crippen LogP contribution in [-0.2, 0) is 14.4 Å². The predicted octanol–water partition coefficient (Wildman–Crippen LogP) is 3.85. The summed E-state index contributed by atoms with van der Waals surface area (Å²) in [5.74, 6) is -2.78. The number of anilines is 1. The smallest absolute Gasteiger partial charge is 0.414 e. The summed E-state index contributed by atoms with van der Waals surface area (Å²) in [4.78, 5) is 35.2. The van der Waals surface area contributed by atoms with Crippen LogP contribution in [0.3, 0.4) is 0 Å².